The predicted octanol–water partition coefficient (Wildman–Crippen LogP) is 1.98. The molecular formula is C17H28ClN3O3. The summed E-state index contributed by atoms with van der Waals surface area (Å²) in [6.07, 6.45) is 0.212. The van der Waals surface area contributed by atoms with Crippen LogP contribution in [0, 0.1) is 0 Å². The second kappa shape index (κ2) is 13.0. The third-order valence-corrected chi connectivity index (χ3v) is 3.46. The first kappa shape index (κ1) is 20.7. The van der Waals surface area contributed by atoms with Gasteiger partial charge in [-0.1, -0.05) is 23.7 Å². The SMILES string of the molecule is CCNC(=NCC(O)c1ccc(Cl)cc1)NCCCOCCOC. The molecule has 0 fully saturated rings. The van der Waals surface area contributed by atoms with Crippen LogP contribution in [0.2, 0.25) is 5.02 Å². The van der Waals surface area contributed by atoms with Crippen LogP contribution in [-0.2, 0) is 9.47 Å². The second-order valence-corrected chi connectivity index (χ2v) is 5.61. The molecule has 1 unspecified atom stereocenters. The Morgan fingerprint density at radius 2 is 1.96 bits per heavy atom. The third kappa shape index (κ3) is 9.08. The molecule has 1 rings (SSSR count). The molecule has 0 saturated heterocycles. The van der Waals surface area contributed by atoms with Gasteiger partial charge < -0.3 is 25.2 Å². The van der Waals surface area contributed by atoms with E-state index in [4.69, 9.17) is 21.1 Å². The molecule has 0 bridgehead atoms. The molecule has 0 aliphatic heterocycles. The van der Waals surface area contributed by atoms with Crippen molar-refractivity contribution in [2.75, 3.05) is 46.6 Å². The predicted molar refractivity (Wildman–Crippen MR) is 97.7 cm³/mol. The van der Waals surface area contributed by atoms with Gasteiger partial charge in [-0.05, 0) is 31.0 Å². The van der Waals surface area contributed by atoms with Crippen molar-refractivity contribution in [1.82, 2.24) is 10.6 Å². The van der Waals surface area contributed by atoms with E-state index in [2.05, 4.69) is 15.6 Å². The van der Waals surface area contributed by atoms with Crippen LogP contribution in [0.4, 0.5) is 0 Å². The van der Waals surface area contributed by atoms with Gasteiger partial charge in [0.05, 0.1) is 25.9 Å². The van der Waals surface area contributed by atoms with Gasteiger partial charge in [0.25, 0.3) is 0 Å². The van der Waals surface area contributed by atoms with Crippen molar-refractivity contribution in [2.24, 2.45) is 4.99 Å². The zero-order valence-corrected chi connectivity index (χ0v) is 15.2. The lowest BCUT2D eigenvalue weighted by molar-refractivity contribution is 0.0698. The number of aliphatic hydroxyl groups is 1. The fourth-order valence-corrected chi connectivity index (χ4v) is 2.06. The number of nitrogens with zero attached hydrogens (tertiary/aromatic N) is 1. The quantitative estimate of drug-likeness (QED) is 0.321. The summed E-state index contributed by atoms with van der Waals surface area (Å²) in [4.78, 5) is 4.41. The van der Waals surface area contributed by atoms with E-state index in [1.54, 1.807) is 31.4 Å². The van der Waals surface area contributed by atoms with Crippen LogP contribution < -0.4 is 10.6 Å². The van der Waals surface area contributed by atoms with Crippen molar-refractivity contribution in [3.63, 3.8) is 0 Å². The van der Waals surface area contributed by atoms with E-state index in [9.17, 15) is 5.11 Å². The monoisotopic (exact) mass is 357 g/mol. The minimum atomic E-state index is -0.657. The molecule has 0 spiro atoms. The number of hydrogen-bond donors (Lipinski definition) is 3. The Kier molecular flexibility index (Phi) is 11.2. The van der Waals surface area contributed by atoms with Crippen molar-refractivity contribution in [1.29, 1.82) is 0 Å². The number of ether oxygens (including phenoxy) is 2. The summed E-state index contributed by atoms with van der Waals surface area (Å²) in [5.41, 5.74) is 0.797. The molecule has 0 radical (unpaired) electrons. The van der Waals surface area contributed by atoms with Crippen LogP contribution >= 0.6 is 11.6 Å². The van der Waals surface area contributed by atoms with Crippen molar-refractivity contribution in [3.05, 3.63) is 34.9 Å². The number of halogens is 1. The number of nitrogens with one attached hydrogen (secondary N) is 2. The number of rotatable bonds is 11. The normalized spacial score (nSPS) is 12.9. The summed E-state index contributed by atoms with van der Waals surface area (Å²) in [7, 11) is 1.66. The summed E-state index contributed by atoms with van der Waals surface area (Å²) in [5, 5.41) is 17.2. The highest BCUT2D eigenvalue weighted by atomic mass is 35.5. The van der Waals surface area contributed by atoms with E-state index in [1.165, 1.54) is 0 Å². The average molecular weight is 358 g/mol. The van der Waals surface area contributed by atoms with Crippen LogP contribution in [0.25, 0.3) is 0 Å². The molecule has 24 heavy (non-hydrogen) atoms. The summed E-state index contributed by atoms with van der Waals surface area (Å²) in [5.74, 6) is 0.683. The minimum absolute atomic E-state index is 0.279. The van der Waals surface area contributed by atoms with E-state index in [1.807, 2.05) is 6.92 Å². The molecule has 0 heterocycles. The van der Waals surface area contributed by atoms with Crippen molar-refractivity contribution in [2.45, 2.75) is 19.4 Å². The van der Waals surface area contributed by atoms with Gasteiger partial charge in [0, 0.05) is 31.8 Å². The lowest BCUT2D eigenvalue weighted by atomic mass is 10.1. The molecule has 0 aliphatic carbocycles. The van der Waals surface area contributed by atoms with Crippen LogP contribution in [0.15, 0.2) is 29.3 Å². The molecule has 1 aromatic rings. The van der Waals surface area contributed by atoms with Crippen LogP contribution in [0.5, 0.6) is 0 Å². The van der Waals surface area contributed by atoms with E-state index in [-0.39, 0.29) is 6.54 Å². The minimum Gasteiger partial charge on any atom is -0.386 e. The van der Waals surface area contributed by atoms with Crippen LogP contribution in [-0.4, -0.2) is 57.6 Å². The van der Waals surface area contributed by atoms with Gasteiger partial charge in [0.1, 0.15) is 0 Å². The largest absolute Gasteiger partial charge is 0.386 e. The summed E-state index contributed by atoms with van der Waals surface area (Å²) >= 11 is 5.85. The first-order chi connectivity index (χ1) is 11.7. The first-order valence-corrected chi connectivity index (χ1v) is 8.57. The Hall–Kier alpha value is -1.34. The molecule has 0 saturated carbocycles. The zero-order valence-electron chi connectivity index (χ0n) is 14.4. The molecule has 1 aromatic carbocycles. The molecule has 3 N–H and O–H groups in total. The molecule has 1 atom stereocenters. The molecule has 0 aromatic heterocycles. The van der Waals surface area contributed by atoms with Crippen LogP contribution in [0.3, 0.4) is 0 Å². The fourth-order valence-electron chi connectivity index (χ4n) is 1.94. The van der Waals surface area contributed by atoms with Crippen molar-refractivity contribution < 1.29 is 14.6 Å². The lowest BCUT2D eigenvalue weighted by Crippen LogP contribution is -2.38. The Bertz CT molecular complexity index is 469. The van der Waals surface area contributed by atoms with Gasteiger partial charge in [0.15, 0.2) is 5.96 Å². The first-order valence-electron chi connectivity index (χ1n) is 8.19. The van der Waals surface area contributed by atoms with Gasteiger partial charge >= 0.3 is 0 Å². The van der Waals surface area contributed by atoms with Crippen molar-refractivity contribution >= 4 is 17.6 Å². The van der Waals surface area contributed by atoms with E-state index in [0.717, 1.165) is 25.1 Å². The Balaban J connectivity index is 2.34. The van der Waals surface area contributed by atoms with Gasteiger partial charge in [-0.3, -0.25) is 4.99 Å². The maximum atomic E-state index is 10.2. The molecule has 7 heteroatoms. The fraction of sp³-hybridized carbons (Fsp3) is 0.588. The highest BCUT2D eigenvalue weighted by Gasteiger charge is 2.07. The maximum absolute atomic E-state index is 10.2. The van der Waals surface area contributed by atoms with Gasteiger partial charge in [-0.2, -0.15) is 0 Å². The Morgan fingerprint density at radius 1 is 1.21 bits per heavy atom. The number of aliphatic hydroxyl groups excluding tert-OH is 1. The average Bonchev–Trinajstić information content (AvgIpc) is 2.59. The third-order valence-electron chi connectivity index (χ3n) is 3.21. The number of methoxy groups -OCH3 is 1. The summed E-state index contributed by atoms with van der Waals surface area (Å²) in [6.45, 7) is 5.67. The second-order valence-electron chi connectivity index (χ2n) is 5.17. The number of hydrogen-bond acceptors (Lipinski definition) is 4. The summed E-state index contributed by atoms with van der Waals surface area (Å²) in [6, 6.07) is 7.13. The number of guanidine groups is 1. The van der Waals surface area contributed by atoms with E-state index in [0.29, 0.717) is 30.8 Å². The number of aliphatic imine (C=N–C) groups is 1. The van der Waals surface area contributed by atoms with Gasteiger partial charge in [-0.25, -0.2) is 0 Å². The summed E-state index contributed by atoms with van der Waals surface area (Å²) < 4.78 is 10.3. The lowest BCUT2D eigenvalue weighted by Gasteiger charge is -2.13. The van der Waals surface area contributed by atoms with Gasteiger partial charge in [-0.15, -0.1) is 0 Å². The molecule has 0 aliphatic rings. The maximum Gasteiger partial charge on any atom is 0.191 e. The molecule has 136 valence electrons. The molecular weight excluding hydrogens is 330 g/mol. The smallest absolute Gasteiger partial charge is 0.191 e. The van der Waals surface area contributed by atoms with E-state index < -0.39 is 6.10 Å². The zero-order chi connectivity index (χ0) is 17.6. The van der Waals surface area contributed by atoms with E-state index >= 15 is 0 Å². The van der Waals surface area contributed by atoms with Crippen molar-refractivity contribution in [3.8, 4) is 0 Å². The molecule has 0 amide bonds. The van der Waals surface area contributed by atoms with Gasteiger partial charge in [0.2, 0.25) is 0 Å². The highest BCUT2D eigenvalue weighted by molar-refractivity contribution is 6.30. The molecule has 6 nitrogen and oxygen atoms in total. The Morgan fingerprint density at radius 3 is 2.62 bits per heavy atom. The van der Waals surface area contributed by atoms with Crippen LogP contribution in [0.1, 0.15) is 25.0 Å². The standard InChI is InChI=1S/C17H28ClN3O3/c1-3-19-17(20-9-4-10-24-12-11-23-2)21-13-16(22)14-5-7-15(18)8-6-14/h5-8,16,22H,3-4,9-13H2,1-2H3,(H2,19,20,21). The number of benzene rings is 1. The highest BCUT2D eigenvalue weighted by Crippen LogP contribution is 2.16. The topological polar surface area (TPSA) is 75.1 Å². The Labute approximate surface area is 149 Å².